The van der Waals surface area contributed by atoms with Gasteiger partial charge in [0, 0.05) is 32.1 Å². The highest BCUT2D eigenvalue weighted by Crippen LogP contribution is 2.31. The molecule has 1 aliphatic heterocycles. The van der Waals surface area contributed by atoms with E-state index in [1.165, 1.54) is 20.5 Å². The third kappa shape index (κ3) is 4.82. The highest BCUT2D eigenvalue weighted by atomic mass is 16.7. The molecule has 3 amide bonds. The summed E-state index contributed by atoms with van der Waals surface area (Å²) in [5, 5.41) is 4.99. The lowest BCUT2D eigenvalue weighted by atomic mass is 10.0. The van der Waals surface area contributed by atoms with Crippen LogP contribution in [0.1, 0.15) is 22.5 Å². The molecule has 154 valence electrons. The molecule has 0 atom stereocenters. The number of fused-ring (bicyclic) bond motifs is 1. The average molecular weight is 401 g/mol. The van der Waals surface area contributed by atoms with Gasteiger partial charge in [-0.05, 0) is 42.7 Å². The number of methoxy groups -OCH3 is 2. The Kier molecular flexibility index (Phi) is 6.63. The monoisotopic (exact) mass is 401 g/mol. The van der Waals surface area contributed by atoms with Crippen LogP contribution in [-0.2, 0) is 25.5 Å². The van der Waals surface area contributed by atoms with Crippen molar-refractivity contribution in [3.63, 3.8) is 0 Å². The minimum absolute atomic E-state index is 0.0366. The highest BCUT2D eigenvalue weighted by Gasteiger charge is 2.26. The Morgan fingerprint density at radius 3 is 2.66 bits per heavy atom. The van der Waals surface area contributed by atoms with Crippen LogP contribution in [0, 0.1) is 0 Å². The van der Waals surface area contributed by atoms with E-state index in [1.54, 1.807) is 29.2 Å². The maximum atomic E-state index is 12.7. The number of nitrogens with one attached hydrogen (secondary N) is 2. The van der Waals surface area contributed by atoms with Crippen molar-refractivity contribution >= 4 is 29.1 Å². The van der Waals surface area contributed by atoms with Gasteiger partial charge in [0.05, 0.1) is 12.8 Å². The van der Waals surface area contributed by atoms with Crippen LogP contribution in [0.3, 0.4) is 0 Å². The van der Waals surface area contributed by atoms with E-state index >= 15 is 0 Å². The molecule has 2 N–H and O–H groups in total. The van der Waals surface area contributed by atoms with Gasteiger partial charge in [-0.1, -0.05) is 6.07 Å². The largest absolute Gasteiger partial charge is 0.459 e. The van der Waals surface area contributed by atoms with Gasteiger partial charge in [0.25, 0.3) is 5.91 Å². The van der Waals surface area contributed by atoms with Gasteiger partial charge in [-0.2, -0.15) is 0 Å². The lowest BCUT2D eigenvalue weighted by molar-refractivity contribution is -0.139. The fraction of sp³-hybridized carbons (Fsp3) is 0.350. The Balaban J connectivity index is 1.70. The molecule has 2 aromatic rings. The summed E-state index contributed by atoms with van der Waals surface area (Å²) < 4.78 is 15.1. The predicted octanol–water partition coefficient (Wildman–Crippen LogP) is 1.55. The molecule has 29 heavy (non-hydrogen) atoms. The van der Waals surface area contributed by atoms with E-state index in [0.717, 1.165) is 18.4 Å². The van der Waals surface area contributed by atoms with E-state index < -0.39 is 18.1 Å². The third-order valence-corrected chi connectivity index (χ3v) is 4.60. The van der Waals surface area contributed by atoms with Crippen LogP contribution in [-0.4, -0.2) is 51.3 Å². The number of rotatable bonds is 6. The number of ether oxygens (including phenoxy) is 2. The summed E-state index contributed by atoms with van der Waals surface area (Å²) in [5.74, 6) is -1.64. The standard InChI is InChI=1S/C20H23N3O6/c1-27-17(28-2)12-21-18(24)19(25)22-14-8-7-13-5-3-9-23(15(13)11-14)20(26)16-6-4-10-29-16/h4,6-8,10-11,17H,3,5,9,12H2,1-2H3,(H,21,24)(H,22,25). The van der Waals surface area contributed by atoms with Crippen molar-refractivity contribution < 1.29 is 28.3 Å². The summed E-state index contributed by atoms with van der Waals surface area (Å²) in [5.41, 5.74) is 2.09. The van der Waals surface area contributed by atoms with Gasteiger partial charge in [0.15, 0.2) is 12.1 Å². The zero-order valence-electron chi connectivity index (χ0n) is 16.3. The van der Waals surface area contributed by atoms with Crippen molar-refractivity contribution in [1.29, 1.82) is 0 Å². The summed E-state index contributed by atoms with van der Waals surface area (Å²) in [7, 11) is 2.87. The molecule has 0 aliphatic carbocycles. The van der Waals surface area contributed by atoms with Crippen molar-refractivity contribution in [2.45, 2.75) is 19.1 Å². The number of nitrogens with zero attached hydrogens (tertiary/aromatic N) is 1. The number of carbonyl (C=O) groups excluding carboxylic acids is 3. The van der Waals surface area contributed by atoms with Gasteiger partial charge in [-0.3, -0.25) is 14.4 Å². The summed E-state index contributed by atoms with van der Waals surface area (Å²) in [6.07, 6.45) is 2.46. The molecule has 1 aromatic carbocycles. The SMILES string of the molecule is COC(CNC(=O)C(=O)Nc1ccc2c(c1)N(C(=O)c1ccco1)CCC2)OC. The normalized spacial score (nSPS) is 13.1. The summed E-state index contributed by atoms with van der Waals surface area (Å²) >= 11 is 0. The lowest BCUT2D eigenvalue weighted by Gasteiger charge is -2.29. The van der Waals surface area contributed by atoms with Gasteiger partial charge in [0.1, 0.15) is 0 Å². The van der Waals surface area contributed by atoms with Gasteiger partial charge in [-0.15, -0.1) is 0 Å². The van der Waals surface area contributed by atoms with Crippen LogP contribution in [0.2, 0.25) is 0 Å². The molecule has 0 fully saturated rings. The van der Waals surface area contributed by atoms with E-state index in [4.69, 9.17) is 13.9 Å². The van der Waals surface area contributed by atoms with E-state index in [-0.39, 0.29) is 18.2 Å². The summed E-state index contributed by atoms with van der Waals surface area (Å²) in [4.78, 5) is 38.5. The van der Waals surface area contributed by atoms with Crippen molar-refractivity contribution in [2.75, 3.05) is 37.5 Å². The van der Waals surface area contributed by atoms with Crippen LogP contribution < -0.4 is 15.5 Å². The highest BCUT2D eigenvalue weighted by molar-refractivity contribution is 6.39. The predicted molar refractivity (Wildman–Crippen MR) is 105 cm³/mol. The molecule has 0 spiro atoms. The fourth-order valence-electron chi connectivity index (χ4n) is 3.10. The minimum atomic E-state index is -0.823. The molecule has 0 unspecified atom stereocenters. The second-order valence-electron chi connectivity index (χ2n) is 6.45. The number of hydrogen-bond donors (Lipinski definition) is 2. The zero-order chi connectivity index (χ0) is 20.8. The van der Waals surface area contributed by atoms with Crippen LogP contribution >= 0.6 is 0 Å². The molecule has 0 bridgehead atoms. The number of carbonyl (C=O) groups is 3. The van der Waals surface area contributed by atoms with Gasteiger partial charge < -0.3 is 29.4 Å². The van der Waals surface area contributed by atoms with Crippen LogP contribution in [0.4, 0.5) is 11.4 Å². The smallest absolute Gasteiger partial charge is 0.313 e. The van der Waals surface area contributed by atoms with E-state index in [2.05, 4.69) is 10.6 Å². The zero-order valence-corrected chi connectivity index (χ0v) is 16.3. The molecule has 3 rings (SSSR count). The molecule has 9 heteroatoms. The van der Waals surface area contributed by atoms with Crippen LogP contribution in [0.25, 0.3) is 0 Å². The van der Waals surface area contributed by atoms with Gasteiger partial charge >= 0.3 is 11.8 Å². The molecule has 2 heterocycles. The number of aryl methyl sites for hydroxylation is 1. The first kappa shape index (κ1) is 20.6. The Morgan fingerprint density at radius 2 is 1.97 bits per heavy atom. The molecule has 1 aliphatic rings. The van der Waals surface area contributed by atoms with Crippen LogP contribution in [0.5, 0.6) is 0 Å². The quantitative estimate of drug-likeness (QED) is 0.561. The van der Waals surface area contributed by atoms with Crippen molar-refractivity contribution in [3.05, 3.63) is 47.9 Å². The molecule has 0 radical (unpaired) electrons. The maximum Gasteiger partial charge on any atom is 0.313 e. The van der Waals surface area contributed by atoms with E-state index in [1.807, 2.05) is 6.07 Å². The average Bonchev–Trinajstić information content (AvgIpc) is 3.28. The van der Waals surface area contributed by atoms with Crippen molar-refractivity contribution in [1.82, 2.24) is 5.32 Å². The van der Waals surface area contributed by atoms with Crippen LogP contribution in [0.15, 0.2) is 41.0 Å². The Hall–Kier alpha value is -3.17. The van der Waals surface area contributed by atoms with Crippen molar-refractivity contribution in [2.24, 2.45) is 0 Å². The van der Waals surface area contributed by atoms with E-state index in [0.29, 0.717) is 17.9 Å². The topological polar surface area (TPSA) is 110 Å². The van der Waals surface area contributed by atoms with Gasteiger partial charge in [0.2, 0.25) is 0 Å². The second-order valence-corrected chi connectivity index (χ2v) is 6.45. The molecular weight excluding hydrogens is 378 g/mol. The molecule has 1 aromatic heterocycles. The minimum Gasteiger partial charge on any atom is -0.459 e. The number of anilines is 2. The second kappa shape index (κ2) is 9.35. The lowest BCUT2D eigenvalue weighted by Crippen LogP contribution is -2.40. The number of benzene rings is 1. The third-order valence-electron chi connectivity index (χ3n) is 4.60. The number of hydrogen-bond acceptors (Lipinski definition) is 6. The van der Waals surface area contributed by atoms with Gasteiger partial charge in [-0.25, -0.2) is 0 Å². The Morgan fingerprint density at radius 1 is 1.17 bits per heavy atom. The molecule has 0 saturated heterocycles. The number of amides is 3. The fourth-order valence-corrected chi connectivity index (χ4v) is 3.10. The van der Waals surface area contributed by atoms with E-state index in [9.17, 15) is 14.4 Å². The first-order chi connectivity index (χ1) is 14.0. The molecule has 0 saturated carbocycles. The molecule has 9 nitrogen and oxygen atoms in total. The summed E-state index contributed by atoms with van der Waals surface area (Å²) in [6.45, 7) is 0.578. The number of furan rings is 1. The Labute approximate surface area is 167 Å². The Bertz CT molecular complexity index is 876. The van der Waals surface area contributed by atoms with Crippen molar-refractivity contribution in [3.8, 4) is 0 Å². The first-order valence-corrected chi connectivity index (χ1v) is 9.16. The first-order valence-electron chi connectivity index (χ1n) is 9.16. The molecular formula is C20H23N3O6. The maximum absolute atomic E-state index is 12.7. The summed E-state index contributed by atoms with van der Waals surface area (Å²) in [6, 6.07) is 8.51.